The summed E-state index contributed by atoms with van der Waals surface area (Å²) in [5.74, 6) is 0.153. The van der Waals surface area contributed by atoms with Crippen LogP contribution in [0.1, 0.15) is 31.2 Å². The zero-order valence-corrected chi connectivity index (χ0v) is 10.9. The minimum Gasteiger partial charge on any atom is -0.222 e. The first kappa shape index (κ1) is 13.8. The Morgan fingerprint density at radius 2 is 1.95 bits per heavy atom. The van der Waals surface area contributed by atoms with Gasteiger partial charge in [-0.15, -0.1) is 0 Å². The summed E-state index contributed by atoms with van der Waals surface area (Å²) < 4.78 is 39.1. The normalized spacial score (nSPS) is 12.2. The van der Waals surface area contributed by atoms with Gasteiger partial charge < -0.3 is 0 Å². The van der Waals surface area contributed by atoms with Gasteiger partial charge in [0.15, 0.2) is 11.5 Å². The maximum Gasteiger partial charge on any atom is 0.433 e. The predicted molar refractivity (Wildman–Crippen MR) is 63.3 cm³/mol. The first-order chi connectivity index (χ1) is 8.77. The van der Waals surface area contributed by atoms with Crippen molar-refractivity contribution in [3.8, 4) is 5.82 Å². The Morgan fingerprint density at radius 3 is 2.47 bits per heavy atom. The van der Waals surface area contributed by atoms with E-state index in [-0.39, 0.29) is 11.7 Å². The molecule has 102 valence electrons. The Morgan fingerprint density at radius 1 is 1.26 bits per heavy atom. The summed E-state index contributed by atoms with van der Waals surface area (Å²) in [5.41, 5.74) is -0.340. The number of hydrogen-bond donors (Lipinski definition) is 0. The van der Waals surface area contributed by atoms with Crippen molar-refractivity contribution in [3.63, 3.8) is 0 Å². The molecule has 0 spiro atoms. The summed E-state index contributed by atoms with van der Waals surface area (Å²) in [6.45, 7) is 3.86. The Balaban J connectivity index is 2.47. The smallest absolute Gasteiger partial charge is 0.222 e. The van der Waals surface area contributed by atoms with Crippen LogP contribution in [0.2, 0.25) is 5.28 Å². The van der Waals surface area contributed by atoms with Crippen LogP contribution in [0.4, 0.5) is 13.2 Å². The van der Waals surface area contributed by atoms with Crippen molar-refractivity contribution in [1.82, 2.24) is 19.7 Å². The molecule has 2 heterocycles. The minimum absolute atomic E-state index is 0.0146. The Labute approximate surface area is 112 Å². The molecule has 0 amide bonds. The molecule has 2 aromatic heterocycles. The maximum atomic E-state index is 12.6. The van der Waals surface area contributed by atoms with Gasteiger partial charge in [-0.1, -0.05) is 13.8 Å². The third kappa shape index (κ3) is 3.04. The maximum absolute atomic E-state index is 12.6. The van der Waals surface area contributed by atoms with E-state index in [4.69, 9.17) is 11.6 Å². The summed E-state index contributed by atoms with van der Waals surface area (Å²) in [7, 11) is 0. The first-order valence-corrected chi connectivity index (χ1v) is 5.83. The quantitative estimate of drug-likeness (QED) is 0.796. The van der Waals surface area contributed by atoms with Crippen LogP contribution < -0.4 is 0 Å². The lowest BCUT2D eigenvalue weighted by Crippen LogP contribution is -2.11. The lowest BCUT2D eigenvalue weighted by Gasteiger charge is -2.08. The lowest BCUT2D eigenvalue weighted by molar-refractivity contribution is -0.141. The van der Waals surface area contributed by atoms with Crippen LogP contribution in [0, 0.1) is 0 Å². The van der Waals surface area contributed by atoms with E-state index in [0.29, 0.717) is 0 Å². The molecule has 0 aliphatic heterocycles. The summed E-state index contributed by atoms with van der Waals surface area (Å²) in [5, 5.41) is 3.68. The lowest BCUT2D eigenvalue weighted by atomic mass is 10.1. The molecular weight excluding hydrogens is 281 g/mol. The molecule has 19 heavy (non-hydrogen) atoms. The van der Waals surface area contributed by atoms with E-state index >= 15 is 0 Å². The van der Waals surface area contributed by atoms with Crippen molar-refractivity contribution in [2.45, 2.75) is 25.9 Å². The van der Waals surface area contributed by atoms with Crippen LogP contribution in [0.5, 0.6) is 0 Å². The highest BCUT2D eigenvalue weighted by molar-refractivity contribution is 6.28. The summed E-state index contributed by atoms with van der Waals surface area (Å²) >= 11 is 5.51. The fourth-order valence-electron chi connectivity index (χ4n) is 1.44. The zero-order chi connectivity index (χ0) is 14.2. The molecule has 0 radical (unpaired) electrons. The second-order valence-electron chi connectivity index (χ2n) is 4.22. The van der Waals surface area contributed by atoms with E-state index in [0.717, 1.165) is 11.8 Å². The van der Waals surface area contributed by atoms with Crippen LogP contribution in [-0.4, -0.2) is 19.7 Å². The van der Waals surface area contributed by atoms with Gasteiger partial charge in [0.2, 0.25) is 5.28 Å². The van der Waals surface area contributed by atoms with Crippen LogP contribution in [0.25, 0.3) is 5.82 Å². The largest absolute Gasteiger partial charge is 0.433 e. The Kier molecular flexibility index (Phi) is 3.49. The zero-order valence-electron chi connectivity index (χ0n) is 10.1. The highest BCUT2D eigenvalue weighted by Crippen LogP contribution is 2.29. The fourth-order valence-corrected chi connectivity index (χ4v) is 1.62. The number of hydrogen-bond acceptors (Lipinski definition) is 3. The summed E-state index contributed by atoms with van der Waals surface area (Å²) in [6.07, 6.45) is -3.04. The number of rotatable bonds is 2. The minimum atomic E-state index is -4.57. The molecule has 8 heteroatoms. The van der Waals surface area contributed by atoms with Gasteiger partial charge in [0.05, 0.1) is 5.69 Å². The van der Waals surface area contributed by atoms with E-state index in [1.165, 1.54) is 10.9 Å². The number of alkyl halides is 3. The molecule has 4 nitrogen and oxygen atoms in total. The van der Waals surface area contributed by atoms with Crippen LogP contribution >= 0.6 is 11.6 Å². The topological polar surface area (TPSA) is 43.6 Å². The molecule has 0 N–H and O–H groups in total. The average molecular weight is 291 g/mol. The third-order valence-corrected chi connectivity index (χ3v) is 2.58. The molecular formula is C11H10ClF3N4. The molecule has 0 saturated carbocycles. The van der Waals surface area contributed by atoms with E-state index in [2.05, 4.69) is 15.1 Å². The van der Waals surface area contributed by atoms with Crippen molar-refractivity contribution in [2.75, 3.05) is 0 Å². The van der Waals surface area contributed by atoms with Gasteiger partial charge in [0.1, 0.15) is 0 Å². The van der Waals surface area contributed by atoms with Gasteiger partial charge >= 0.3 is 6.18 Å². The van der Waals surface area contributed by atoms with Gasteiger partial charge in [0.25, 0.3) is 0 Å². The SMILES string of the molecule is CC(C)c1ccn(-c2cc(C(F)(F)F)nc(Cl)n2)n1. The fraction of sp³-hybridized carbons (Fsp3) is 0.364. The van der Waals surface area contributed by atoms with Gasteiger partial charge in [-0.25, -0.2) is 9.67 Å². The van der Waals surface area contributed by atoms with E-state index < -0.39 is 17.2 Å². The standard InChI is InChI=1S/C11H10ClF3N4/c1-6(2)7-3-4-19(18-7)9-5-8(11(13,14)15)16-10(12)17-9/h3-6H,1-2H3. The molecule has 2 rings (SSSR count). The van der Waals surface area contributed by atoms with Gasteiger partial charge in [-0.2, -0.15) is 23.3 Å². The van der Waals surface area contributed by atoms with Gasteiger partial charge in [-0.05, 0) is 23.6 Å². The monoisotopic (exact) mass is 290 g/mol. The molecule has 0 bridgehead atoms. The highest BCUT2D eigenvalue weighted by atomic mass is 35.5. The number of halogens is 4. The van der Waals surface area contributed by atoms with Crippen LogP contribution in [0.15, 0.2) is 18.3 Å². The van der Waals surface area contributed by atoms with Crippen LogP contribution in [0.3, 0.4) is 0 Å². The second-order valence-corrected chi connectivity index (χ2v) is 4.56. The van der Waals surface area contributed by atoms with Crippen molar-refractivity contribution in [1.29, 1.82) is 0 Å². The molecule has 2 aromatic rings. The van der Waals surface area contributed by atoms with Crippen LogP contribution in [-0.2, 0) is 6.18 Å². The third-order valence-electron chi connectivity index (χ3n) is 2.41. The summed E-state index contributed by atoms with van der Waals surface area (Å²) in [6, 6.07) is 2.52. The van der Waals surface area contributed by atoms with E-state index in [1.54, 1.807) is 6.07 Å². The second kappa shape index (κ2) is 4.80. The number of aromatic nitrogens is 4. The van der Waals surface area contributed by atoms with Crippen molar-refractivity contribution in [3.05, 3.63) is 35.0 Å². The molecule has 0 aromatic carbocycles. The molecule has 0 saturated heterocycles. The molecule has 0 atom stereocenters. The van der Waals surface area contributed by atoms with Gasteiger partial charge in [-0.3, -0.25) is 0 Å². The molecule has 0 unspecified atom stereocenters. The van der Waals surface area contributed by atoms with Crippen molar-refractivity contribution in [2.24, 2.45) is 0 Å². The van der Waals surface area contributed by atoms with Gasteiger partial charge in [0, 0.05) is 12.3 Å². The Hall–Kier alpha value is -1.63. The van der Waals surface area contributed by atoms with E-state index in [9.17, 15) is 13.2 Å². The predicted octanol–water partition coefficient (Wildman–Crippen LogP) is 3.46. The molecule has 0 aliphatic rings. The summed E-state index contributed by atoms with van der Waals surface area (Å²) in [4.78, 5) is 6.91. The first-order valence-electron chi connectivity index (χ1n) is 5.45. The highest BCUT2D eigenvalue weighted by Gasteiger charge is 2.33. The average Bonchev–Trinajstić information content (AvgIpc) is 2.76. The van der Waals surface area contributed by atoms with Crippen molar-refractivity contribution >= 4 is 11.6 Å². The van der Waals surface area contributed by atoms with Crippen molar-refractivity contribution < 1.29 is 13.2 Å². The molecule has 0 fully saturated rings. The Bertz CT molecular complexity index is 592. The molecule has 0 aliphatic carbocycles. The number of nitrogens with zero attached hydrogens (tertiary/aromatic N) is 4. The van der Waals surface area contributed by atoms with E-state index in [1.807, 2.05) is 13.8 Å².